The average molecular weight is 298 g/mol. The van der Waals surface area contributed by atoms with Gasteiger partial charge in [0.15, 0.2) is 0 Å². The highest BCUT2D eigenvalue weighted by Gasteiger charge is 2.21. The molecule has 21 heavy (non-hydrogen) atoms. The van der Waals surface area contributed by atoms with E-state index in [9.17, 15) is 4.21 Å². The van der Waals surface area contributed by atoms with Gasteiger partial charge in [0.05, 0.1) is 15.7 Å². The highest BCUT2D eigenvalue weighted by atomic mass is 32.2. The smallest absolute Gasteiger partial charge is 0.138 e. The molecule has 0 spiro atoms. The lowest BCUT2D eigenvalue weighted by molar-refractivity contribution is 0.564. The van der Waals surface area contributed by atoms with E-state index in [0.29, 0.717) is 0 Å². The van der Waals surface area contributed by atoms with E-state index in [1.807, 2.05) is 37.3 Å². The Morgan fingerprint density at radius 1 is 0.952 bits per heavy atom. The van der Waals surface area contributed by atoms with Crippen molar-refractivity contribution in [2.45, 2.75) is 37.5 Å². The van der Waals surface area contributed by atoms with Gasteiger partial charge in [-0.3, -0.25) is 0 Å². The molecule has 0 aliphatic carbocycles. The zero-order valence-corrected chi connectivity index (χ0v) is 13.5. The van der Waals surface area contributed by atoms with Crippen LogP contribution in [0.15, 0.2) is 50.6 Å². The number of aryl methyl sites for hydroxylation is 4. The predicted octanol–water partition coefficient (Wildman–Crippen LogP) is 4.83. The highest BCUT2D eigenvalue weighted by Crippen LogP contribution is 2.36. The van der Waals surface area contributed by atoms with Crippen LogP contribution in [0.2, 0.25) is 0 Å². The van der Waals surface area contributed by atoms with Crippen molar-refractivity contribution in [2.24, 2.45) is 0 Å². The third-order valence-corrected chi connectivity index (χ3v) is 5.49. The van der Waals surface area contributed by atoms with Crippen LogP contribution in [0.3, 0.4) is 0 Å². The van der Waals surface area contributed by atoms with E-state index in [2.05, 4.69) is 26.8 Å². The standard InChI is InChI=1S/C18H18O2S/c1-11-10-12(2)16-17(13(11)3)20-14(4)18(16)21(19)15-8-6-5-7-9-15/h5-10H,1-4H3. The molecule has 3 heteroatoms. The molecule has 0 amide bonds. The summed E-state index contributed by atoms with van der Waals surface area (Å²) >= 11 is 0. The van der Waals surface area contributed by atoms with E-state index in [1.165, 1.54) is 5.56 Å². The van der Waals surface area contributed by atoms with Gasteiger partial charge in [-0.15, -0.1) is 0 Å². The lowest BCUT2D eigenvalue weighted by Crippen LogP contribution is -1.95. The summed E-state index contributed by atoms with van der Waals surface area (Å²) in [7, 11) is -1.22. The maximum atomic E-state index is 12.9. The molecule has 0 N–H and O–H groups in total. The van der Waals surface area contributed by atoms with E-state index < -0.39 is 10.8 Å². The molecule has 3 aromatic rings. The van der Waals surface area contributed by atoms with Gasteiger partial charge >= 0.3 is 0 Å². The first kappa shape index (κ1) is 14.1. The second-order valence-corrected chi connectivity index (χ2v) is 6.83. The van der Waals surface area contributed by atoms with Gasteiger partial charge in [-0.05, 0) is 56.5 Å². The Kier molecular flexibility index (Phi) is 3.46. The number of furan rings is 1. The van der Waals surface area contributed by atoms with E-state index >= 15 is 0 Å². The molecule has 0 saturated carbocycles. The maximum Gasteiger partial charge on any atom is 0.138 e. The number of hydrogen-bond acceptors (Lipinski definition) is 2. The Bertz CT molecular complexity index is 845. The molecular weight excluding hydrogens is 280 g/mol. The maximum absolute atomic E-state index is 12.9. The van der Waals surface area contributed by atoms with Crippen molar-refractivity contribution < 1.29 is 8.63 Å². The van der Waals surface area contributed by atoms with E-state index in [4.69, 9.17) is 4.42 Å². The lowest BCUT2D eigenvalue weighted by atomic mass is 10.0. The Hall–Kier alpha value is -1.87. The molecule has 0 bridgehead atoms. The first-order chi connectivity index (χ1) is 10.0. The minimum Gasteiger partial charge on any atom is -0.460 e. The predicted molar refractivity (Wildman–Crippen MR) is 86.3 cm³/mol. The summed E-state index contributed by atoms with van der Waals surface area (Å²) in [5.41, 5.74) is 4.30. The molecule has 0 fully saturated rings. The molecule has 2 nitrogen and oxygen atoms in total. The van der Waals surface area contributed by atoms with Crippen LogP contribution in [-0.4, -0.2) is 4.21 Å². The van der Waals surface area contributed by atoms with Crippen molar-refractivity contribution in [3.63, 3.8) is 0 Å². The van der Waals surface area contributed by atoms with Gasteiger partial charge in [0.1, 0.15) is 11.3 Å². The van der Waals surface area contributed by atoms with Crippen molar-refractivity contribution in [2.75, 3.05) is 0 Å². The summed E-state index contributed by atoms with van der Waals surface area (Å²) < 4.78 is 18.9. The van der Waals surface area contributed by atoms with Crippen LogP contribution in [0, 0.1) is 27.7 Å². The van der Waals surface area contributed by atoms with Crippen LogP contribution < -0.4 is 0 Å². The van der Waals surface area contributed by atoms with Crippen LogP contribution in [0.1, 0.15) is 22.5 Å². The van der Waals surface area contributed by atoms with Gasteiger partial charge in [0, 0.05) is 10.3 Å². The molecule has 0 radical (unpaired) electrons. The van der Waals surface area contributed by atoms with Crippen molar-refractivity contribution in [3.8, 4) is 0 Å². The summed E-state index contributed by atoms with van der Waals surface area (Å²) in [6.45, 7) is 8.07. The quantitative estimate of drug-likeness (QED) is 0.678. The summed E-state index contributed by atoms with van der Waals surface area (Å²) in [5, 5.41) is 0.998. The monoisotopic (exact) mass is 298 g/mol. The molecule has 0 aliphatic rings. The van der Waals surface area contributed by atoms with Crippen molar-refractivity contribution in [1.82, 2.24) is 0 Å². The number of fused-ring (bicyclic) bond motifs is 1. The molecule has 0 saturated heterocycles. The third kappa shape index (κ3) is 2.22. The topological polar surface area (TPSA) is 30.2 Å². The fourth-order valence-electron chi connectivity index (χ4n) is 2.72. The Balaban J connectivity index is 2.31. The second-order valence-electron chi connectivity index (χ2n) is 5.41. The van der Waals surface area contributed by atoms with Gasteiger partial charge in [-0.1, -0.05) is 24.3 Å². The first-order valence-corrected chi connectivity index (χ1v) is 8.12. The molecule has 1 atom stereocenters. The van der Waals surface area contributed by atoms with Gasteiger partial charge in [-0.25, -0.2) is 4.21 Å². The van der Waals surface area contributed by atoms with Crippen LogP contribution in [0.25, 0.3) is 11.0 Å². The van der Waals surface area contributed by atoms with E-state index in [0.717, 1.165) is 37.6 Å². The number of benzene rings is 2. The molecule has 108 valence electrons. The molecule has 2 aromatic carbocycles. The fourth-order valence-corrected chi connectivity index (χ4v) is 4.10. The SMILES string of the molecule is Cc1cc(C)c2c(S(=O)c3ccccc3)c(C)oc2c1C. The Morgan fingerprint density at radius 2 is 1.62 bits per heavy atom. The summed E-state index contributed by atoms with van der Waals surface area (Å²) in [6.07, 6.45) is 0. The van der Waals surface area contributed by atoms with Gasteiger partial charge in [0.2, 0.25) is 0 Å². The van der Waals surface area contributed by atoms with Gasteiger partial charge in [-0.2, -0.15) is 0 Å². The molecule has 3 rings (SSSR count). The van der Waals surface area contributed by atoms with Crippen molar-refractivity contribution in [3.05, 3.63) is 58.8 Å². The average Bonchev–Trinajstić information content (AvgIpc) is 2.83. The van der Waals surface area contributed by atoms with E-state index in [-0.39, 0.29) is 0 Å². The Morgan fingerprint density at radius 3 is 2.29 bits per heavy atom. The molecule has 0 aliphatic heterocycles. The largest absolute Gasteiger partial charge is 0.460 e. The van der Waals surface area contributed by atoms with Gasteiger partial charge < -0.3 is 4.42 Å². The minimum absolute atomic E-state index is 0.740. The number of hydrogen-bond donors (Lipinski definition) is 0. The Labute approximate surface area is 127 Å². The molecule has 1 aromatic heterocycles. The summed E-state index contributed by atoms with van der Waals surface area (Å²) in [6, 6.07) is 11.7. The van der Waals surface area contributed by atoms with Crippen LogP contribution >= 0.6 is 0 Å². The molecule has 1 heterocycles. The van der Waals surface area contributed by atoms with Gasteiger partial charge in [0.25, 0.3) is 0 Å². The third-order valence-electron chi connectivity index (χ3n) is 3.93. The summed E-state index contributed by atoms with van der Waals surface area (Å²) in [5.74, 6) is 0.740. The second kappa shape index (κ2) is 5.15. The highest BCUT2D eigenvalue weighted by molar-refractivity contribution is 7.85. The molecular formula is C18H18O2S. The first-order valence-electron chi connectivity index (χ1n) is 6.97. The number of rotatable bonds is 2. The zero-order valence-electron chi connectivity index (χ0n) is 12.7. The fraction of sp³-hybridized carbons (Fsp3) is 0.222. The lowest BCUT2D eigenvalue weighted by Gasteiger charge is -2.06. The minimum atomic E-state index is -1.22. The van der Waals surface area contributed by atoms with Crippen LogP contribution in [0.4, 0.5) is 0 Å². The van der Waals surface area contributed by atoms with E-state index in [1.54, 1.807) is 0 Å². The van der Waals surface area contributed by atoms with Crippen LogP contribution in [-0.2, 0) is 10.8 Å². The molecule has 1 unspecified atom stereocenters. The van der Waals surface area contributed by atoms with Crippen molar-refractivity contribution in [1.29, 1.82) is 0 Å². The van der Waals surface area contributed by atoms with Crippen LogP contribution in [0.5, 0.6) is 0 Å². The van der Waals surface area contributed by atoms with Crippen molar-refractivity contribution >= 4 is 21.8 Å². The normalized spacial score (nSPS) is 12.8. The zero-order chi connectivity index (χ0) is 15.1. The summed E-state index contributed by atoms with van der Waals surface area (Å²) in [4.78, 5) is 1.61.